The summed E-state index contributed by atoms with van der Waals surface area (Å²) in [5, 5.41) is 13.4. The predicted octanol–water partition coefficient (Wildman–Crippen LogP) is 4.33. The highest BCUT2D eigenvalue weighted by molar-refractivity contribution is 7.14. The molecular weight excluding hydrogens is 400 g/mol. The fourth-order valence-electron chi connectivity index (χ4n) is 3.11. The molecule has 7 nitrogen and oxygen atoms in total. The van der Waals surface area contributed by atoms with E-state index >= 15 is 0 Å². The number of nitrogens with zero attached hydrogens (tertiary/aromatic N) is 1. The van der Waals surface area contributed by atoms with E-state index in [1.807, 2.05) is 25.1 Å². The van der Waals surface area contributed by atoms with Gasteiger partial charge in [-0.3, -0.25) is 19.9 Å². The van der Waals surface area contributed by atoms with E-state index in [2.05, 4.69) is 10.6 Å². The second kappa shape index (κ2) is 8.38. The summed E-state index contributed by atoms with van der Waals surface area (Å²) >= 11 is 1.40. The van der Waals surface area contributed by atoms with E-state index in [9.17, 15) is 9.59 Å². The maximum absolute atomic E-state index is 12.8. The molecule has 8 heteroatoms. The SMILES string of the molecule is Cc1ccc(C(=O)Nc2ccccc2C(=O)Nc2ccc(N3CCOC3=N)cc2)s1. The molecule has 1 aromatic heterocycles. The second-order valence-corrected chi connectivity index (χ2v) is 8.00. The largest absolute Gasteiger partial charge is 0.463 e. The number of aryl methyl sites for hydroxylation is 1. The van der Waals surface area contributed by atoms with Crippen molar-refractivity contribution in [1.82, 2.24) is 0 Å². The van der Waals surface area contributed by atoms with Crippen molar-refractivity contribution >= 4 is 46.2 Å². The summed E-state index contributed by atoms with van der Waals surface area (Å²) in [5.41, 5.74) is 2.27. The highest BCUT2D eigenvalue weighted by Gasteiger charge is 2.20. The molecule has 0 aliphatic carbocycles. The van der Waals surface area contributed by atoms with Crippen LogP contribution in [0.1, 0.15) is 24.9 Å². The van der Waals surface area contributed by atoms with Gasteiger partial charge in [-0.15, -0.1) is 11.3 Å². The number of benzene rings is 2. The van der Waals surface area contributed by atoms with Gasteiger partial charge in [-0.25, -0.2) is 0 Å². The molecule has 2 aromatic carbocycles. The zero-order valence-electron chi connectivity index (χ0n) is 16.3. The number of anilines is 3. The summed E-state index contributed by atoms with van der Waals surface area (Å²) in [5.74, 6) is -0.564. The molecule has 0 saturated carbocycles. The average molecular weight is 420 g/mol. The van der Waals surface area contributed by atoms with Gasteiger partial charge < -0.3 is 15.4 Å². The first kappa shape index (κ1) is 19.7. The minimum absolute atomic E-state index is 0.123. The highest BCUT2D eigenvalue weighted by Crippen LogP contribution is 2.23. The molecule has 0 bridgehead atoms. The van der Waals surface area contributed by atoms with Gasteiger partial charge in [0.2, 0.25) is 0 Å². The Kier molecular flexibility index (Phi) is 5.49. The van der Waals surface area contributed by atoms with Crippen LogP contribution in [0.4, 0.5) is 17.1 Å². The Bertz CT molecular complexity index is 1110. The van der Waals surface area contributed by atoms with Gasteiger partial charge in [0.05, 0.1) is 22.7 Å². The van der Waals surface area contributed by atoms with Crippen LogP contribution in [0, 0.1) is 12.3 Å². The molecule has 0 atom stereocenters. The van der Waals surface area contributed by atoms with Crippen LogP contribution in [-0.4, -0.2) is 31.0 Å². The lowest BCUT2D eigenvalue weighted by atomic mass is 10.1. The van der Waals surface area contributed by atoms with Crippen molar-refractivity contribution in [2.75, 3.05) is 28.7 Å². The standard InChI is InChI=1S/C22H20N4O3S/c1-14-6-11-19(30-14)21(28)25-18-5-3-2-4-17(18)20(27)24-15-7-9-16(10-8-15)26-12-13-29-22(26)23/h2-11,23H,12-13H2,1H3,(H,24,27)(H,25,28). The maximum Gasteiger partial charge on any atom is 0.289 e. The third-order valence-electron chi connectivity index (χ3n) is 4.62. The fraction of sp³-hybridized carbons (Fsp3) is 0.136. The van der Waals surface area contributed by atoms with Crippen LogP contribution in [0.15, 0.2) is 60.7 Å². The van der Waals surface area contributed by atoms with E-state index in [4.69, 9.17) is 10.1 Å². The quantitative estimate of drug-likeness (QED) is 0.573. The second-order valence-electron chi connectivity index (χ2n) is 6.72. The molecule has 0 radical (unpaired) electrons. The fourth-order valence-corrected chi connectivity index (χ4v) is 3.88. The van der Waals surface area contributed by atoms with Crippen LogP contribution >= 0.6 is 11.3 Å². The van der Waals surface area contributed by atoms with Gasteiger partial charge in [0.25, 0.3) is 17.8 Å². The summed E-state index contributed by atoms with van der Waals surface area (Å²) in [6, 6.07) is 17.9. The van der Waals surface area contributed by atoms with Crippen molar-refractivity contribution < 1.29 is 14.3 Å². The lowest BCUT2D eigenvalue weighted by Gasteiger charge is -2.15. The normalized spacial score (nSPS) is 13.1. The number of amidine groups is 1. The predicted molar refractivity (Wildman–Crippen MR) is 119 cm³/mol. The molecule has 3 N–H and O–H groups in total. The number of rotatable bonds is 5. The monoisotopic (exact) mass is 420 g/mol. The van der Waals surface area contributed by atoms with E-state index in [1.165, 1.54) is 11.3 Å². The van der Waals surface area contributed by atoms with Crippen LogP contribution in [0.5, 0.6) is 0 Å². The van der Waals surface area contributed by atoms with Crippen LogP contribution < -0.4 is 15.5 Å². The number of nitrogens with one attached hydrogen (secondary N) is 3. The van der Waals surface area contributed by atoms with Crippen molar-refractivity contribution in [2.24, 2.45) is 0 Å². The summed E-state index contributed by atoms with van der Waals surface area (Å²) in [6.45, 7) is 3.06. The third-order valence-corrected chi connectivity index (χ3v) is 5.62. The molecule has 1 aliphatic rings. The molecule has 1 fully saturated rings. The van der Waals surface area contributed by atoms with Gasteiger partial charge >= 0.3 is 0 Å². The van der Waals surface area contributed by atoms with Crippen LogP contribution in [0.3, 0.4) is 0 Å². The van der Waals surface area contributed by atoms with E-state index in [0.717, 1.165) is 10.6 Å². The number of carbonyl (C=O) groups excluding carboxylic acids is 2. The first-order valence-corrected chi connectivity index (χ1v) is 10.2. The molecule has 30 heavy (non-hydrogen) atoms. The topological polar surface area (TPSA) is 94.5 Å². The van der Waals surface area contributed by atoms with E-state index < -0.39 is 0 Å². The van der Waals surface area contributed by atoms with Gasteiger partial charge in [-0.05, 0) is 55.5 Å². The maximum atomic E-state index is 12.8. The van der Waals surface area contributed by atoms with Crippen molar-refractivity contribution in [3.8, 4) is 0 Å². The number of para-hydroxylation sites is 1. The molecular formula is C22H20N4O3S. The summed E-state index contributed by atoms with van der Waals surface area (Å²) in [6.07, 6.45) is 0. The number of carbonyl (C=O) groups is 2. The summed E-state index contributed by atoms with van der Waals surface area (Å²) < 4.78 is 5.16. The minimum atomic E-state index is -0.321. The van der Waals surface area contributed by atoms with E-state index in [0.29, 0.717) is 35.0 Å². The van der Waals surface area contributed by atoms with Crippen LogP contribution in [-0.2, 0) is 4.74 Å². The Labute approximate surface area is 177 Å². The highest BCUT2D eigenvalue weighted by atomic mass is 32.1. The van der Waals surface area contributed by atoms with Gasteiger partial charge in [-0.1, -0.05) is 12.1 Å². The van der Waals surface area contributed by atoms with E-state index in [-0.39, 0.29) is 17.8 Å². The average Bonchev–Trinajstić information content (AvgIpc) is 3.37. The van der Waals surface area contributed by atoms with Gasteiger partial charge in [-0.2, -0.15) is 0 Å². The molecule has 0 spiro atoms. The smallest absolute Gasteiger partial charge is 0.289 e. The van der Waals surface area contributed by atoms with Crippen molar-refractivity contribution in [3.63, 3.8) is 0 Å². The molecule has 3 aromatic rings. The van der Waals surface area contributed by atoms with Crippen molar-refractivity contribution in [1.29, 1.82) is 5.41 Å². The van der Waals surface area contributed by atoms with Crippen LogP contribution in [0.2, 0.25) is 0 Å². The number of hydrogen-bond acceptors (Lipinski definition) is 5. The molecule has 1 aliphatic heterocycles. The lowest BCUT2D eigenvalue weighted by Crippen LogP contribution is -2.23. The van der Waals surface area contributed by atoms with Crippen LogP contribution in [0.25, 0.3) is 0 Å². The van der Waals surface area contributed by atoms with E-state index in [1.54, 1.807) is 47.4 Å². The summed E-state index contributed by atoms with van der Waals surface area (Å²) in [7, 11) is 0. The molecule has 4 rings (SSSR count). The molecule has 2 amide bonds. The Morgan fingerprint density at radius 3 is 2.43 bits per heavy atom. The number of ether oxygens (including phenoxy) is 1. The minimum Gasteiger partial charge on any atom is -0.463 e. The first-order chi connectivity index (χ1) is 14.5. The zero-order valence-corrected chi connectivity index (χ0v) is 17.1. The Balaban J connectivity index is 1.47. The van der Waals surface area contributed by atoms with Crippen molar-refractivity contribution in [2.45, 2.75) is 6.92 Å². The molecule has 0 unspecified atom stereocenters. The summed E-state index contributed by atoms with van der Waals surface area (Å²) in [4.78, 5) is 28.7. The van der Waals surface area contributed by atoms with Crippen molar-refractivity contribution in [3.05, 3.63) is 76.0 Å². The number of thiophene rings is 1. The Morgan fingerprint density at radius 1 is 1.00 bits per heavy atom. The molecule has 1 saturated heterocycles. The molecule has 2 heterocycles. The lowest BCUT2D eigenvalue weighted by molar-refractivity contribution is 0.102. The van der Waals surface area contributed by atoms with Gasteiger partial charge in [0.1, 0.15) is 6.61 Å². The third kappa shape index (κ3) is 4.18. The van der Waals surface area contributed by atoms with Gasteiger partial charge in [0, 0.05) is 16.3 Å². The zero-order chi connectivity index (χ0) is 21.1. The van der Waals surface area contributed by atoms with Gasteiger partial charge in [0.15, 0.2) is 0 Å². The molecule has 152 valence electrons. The number of hydrogen-bond donors (Lipinski definition) is 3. The number of amides is 2. The first-order valence-electron chi connectivity index (χ1n) is 9.38. The Hall–Kier alpha value is -3.65. The Morgan fingerprint density at radius 2 is 1.77 bits per heavy atom.